The maximum Gasteiger partial charge on any atom is 0.337 e. The van der Waals surface area contributed by atoms with Gasteiger partial charge in [0.15, 0.2) is 6.10 Å². The minimum atomic E-state index is -1.17. The third kappa shape index (κ3) is 6.44. The molecule has 43 heavy (non-hydrogen) atoms. The van der Waals surface area contributed by atoms with Crippen molar-refractivity contribution in [3.8, 4) is 34.0 Å². The van der Waals surface area contributed by atoms with Gasteiger partial charge in [0, 0.05) is 48.8 Å². The number of benzene rings is 3. The third-order valence-corrected chi connectivity index (χ3v) is 7.25. The van der Waals surface area contributed by atoms with Crippen molar-refractivity contribution in [2.75, 3.05) is 20.3 Å². The maximum atomic E-state index is 12.8. The van der Waals surface area contributed by atoms with E-state index >= 15 is 0 Å². The van der Waals surface area contributed by atoms with Crippen LogP contribution in [0.4, 0.5) is 0 Å². The van der Waals surface area contributed by atoms with E-state index in [2.05, 4.69) is 27.1 Å². The molecule has 2 heterocycles. The predicted molar refractivity (Wildman–Crippen MR) is 170 cm³/mol. The van der Waals surface area contributed by atoms with Crippen LogP contribution in [0.25, 0.3) is 38.6 Å². The first-order valence-electron chi connectivity index (χ1n) is 14.4. The number of nitrogens with zero attached hydrogens (tertiary/aromatic N) is 3. The number of hydrogen-bond acceptors (Lipinski definition) is 7. The summed E-state index contributed by atoms with van der Waals surface area (Å²) >= 11 is 0. The van der Waals surface area contributed by atoms with Crippen LogP contribution in [0.2, 0.25) is 0 Å². The molecular formula is C35H37N3O5. The van der Waals surface area contributed by atoms with E-state index in [9.17, 15) is 9.90 Å². The lowest BCUT2D eigenvalue weighted by Gasteiger charge is -2.29. The van der Waals surface area contributed by atoms with Crippen LogP contribution in [0.1, 0.15) is 56.9 Å². The Morgan fingerprint density at radius 2 is 1.84 bits per heavy atom. The lowest BCUT2D eigenvalue weighted by atomic mass is 9.85. The number of hydrogen-bond donors (Lipinski definition) is 1. The number of aliphatic imine (C=N–C) groups is 1. The molecule has 8 heteroatoms. The minimum Gasteiger partial charge on any atom is -0.493 e. The van der Waals surface area contributed by atoms with Gasteiger partial charge < -0.3 is 19.3 Å². The summed E-state index contributed by atoms with van der Waals surface area (Å²) in [5.41, 5.74) is 6.35. The van der Waals surface area contributed by atoms with Crippen molar-refractivity contribution in [3.05, 3.63) is 77.6 Å². The molecule has 4 aromatic rings. The number of ether oxygens (including phenoxy) is 3. The number of allylic oxidation sites excluding steroid dienone is 1. The molecule has 8 nitrogen and oxygen atoms in total. The number of aryl methyl sites for hydroxylation is 1. The van der Waals surface area contributed by atoms with Gasteiger partial charge in [0.1, 0.15) is 5.75 Å². The highest BCUT2D eigenvalue weighted by atomic mass is 16.5. The van der Waals surface area contributed by atoms with Gasteiger partial charge >= 0.3 is 12.0 Å². The number of rotatable bonds is 8. The van der Waals surface area contributed by atoms with E-state index < -0.39 is 17.7 Å². The second-order valence-electron chi connectivity index (χ2n) is 11.5. The zero-order valence-electron chi connectivity index (χ0n) is 25.5. The molecule has 0 radical (unpaired) electrons. The molecule has 0 saturated carbocycles. The third-order valence-electron chi connectivity index (χ3n) is 7.25. The first-order chi connectivity index (χ1) is 20.6. The predicted octanol–water partition coefficient (Wildman–Crippen LogP) is 7.48. The second-order valence-corrected chi connectivity index (χ2v) is 11.5. The average Bonchev–Trinajstić information content (AvgIpc) is 2.98. The Balaban J connectivity index is 1.75. The van der Waals surface area contributed by atoms with Crippen LogP contribution in [0.5, 0.6) is 11.8 Å². The fraction of sp³-hybridized carbons (Fsp3) is 0.314. The summed E-state index contributed by atoms with van der Waals surface area (Å²) in [6, 6.07) is 14.5. The van der Waals surface area contributed by atoms with E-state index in [0.29, 0.717) is 24.8 Å². The van der Waals surface area contributed by atoms with Crippen LogP contribution >= 0.6 is 0 Å². The van der Waals surface area contributed by atoms with Crippen molar-refractivity contribution in [2.45, 2.75) is 52.7 Å². The van der Waals surface area contributed by atoms with Gasteiger partial charge in [-0.3, -0.25) is 4.99 Å². The Labute approximate surface area is 252 Å². The maximum absolute atomic E-state index is 12.8. The van der Waals surface area contributed by atoms with Gasteiger partial charge in [0.25, 0.3) is 0 Å². The first kappa shape index (κ1) is 29.9. The van der Waals surface area contributed by atoms with Crippen LogP contribution in [-0.2, 0) is 9.53 Å². The van der Waals surface area contributed by atoms with E-state index in [0.717, 1.165) is 61.9 Å². The van der Waals surface area contributed by atoms with E-state index in [-0.39, 0.29) is 0 Å². The second kappa shape index (κ2) is 12.4. The number of carboxylic acids is 1. The molecule has 0 bridgehead atoms. The van der Waals surface area contributed by atoms with Crippen molar-refractivity contribution in [2.24, 2.45) is 4.99 Å². The van der Waals surface area contributed by atoms with Gasteiger partial charge in [0.2, 0.25) is 0 Å². The van der Waals surface area contributed by atoms with Crippen LogP contribution in [0.3, 0.4) is 0 Å². The summed E-state index contributed by atoms with van der Waals surface area (Å²) in [6.45, 7) is 10.5. The summed E-state index contributed by atoms with van der Waals surface area (Å²) in [5.74, 6) is -0.245. The molecule has 0 saturated heterocycles. The number of aliphatic carboxylic acids is 1. The quantitative estimate of drug-likeness (QED) is 0.216. The molecule has 0 spiro atoms. The summed E-state index contributed by atoms with van der Waals surface area (Å²) in [7, 11) is 1.74. The van der Waals surface area contributed by atoms with Gasteiger partial charge in [-0.1, -0.05) is 24.3 Å². The van der Waals surface area contributed by atoms with E-state index in [4.69, 9.17) is 14.2 Å². The SMILES string of the molecule is CCOc1ncc(-c2ccc3c(-c4ccc5c(c4)/C(=C\C=N/C)CCO5)c([C@H](OC(C)(C)C)C(=O)O)c(C)cc3c2)cn1. The van der Waals surface area contributed by atoms with Crippen molar-refractivity contribution >= 4 is 28.5 Å². The van der Waals surface area contributed by atoms with Crippen molar-refractivity contribution in [1.82, 2.24) is 9.97 Å². The standard InChI is InChI=1S/C35H37N3O5/c1-7-41-34-37-19-26(20-38-34)23-8-10-27-25(17-23)16-21(2)30(32(33(39)40)43-35(3,4)5)31(27)24-9-11-29-28(18-24)22(12-14-36-6)13-15-42-29/h8-12,14,16-20,32H,7,13,15H2,1-6H3,(H,39,40)/b22-12-,36-14-/t32-/m0/s1. The van der Waals surface area contributed by atoms with Gasteiger partial charge in [0.05, 0.1) is 18.8 Å². The van der Waals surface area contributed by atoms with Crippen molar-refractivity contribution in [1.29, 1.82) is 0 Å². The lowest BCUT2D eigenvalue weighted by Crippen LogP contribution is -2.28. The highest BCUT2D eigenvalue weighted by Crippen LogP contribution is 2.44. The topological polar surface area (TPSA) is 103 Å². The van der Waals surface area contributed by atoms with Crippen LogP contribution in [0.15, 0.2) is 65.9 Å². The van der Waals surface area contributed by atoms with E-state index in [1.54, 1.807) is 25.7 Å². The smallest absolute Gasteiger partial charge is 0.337 e. The summed E-state index contributed by atoms with van der Waals surface area (Å²) in [5, 5.41) is 12.3. The van der Waals surface area contributed by atoms with Crippen molar-refractivity contribution in [3.63, 3.8) is 0 Å². The van der Waals surface area contributed by atoms with Gasteiger partial charge in [-0.15, -0.1) is 0 Å². The number of carboxylic acid groups (broad SMARTS) is 1. The molecule has 0 amide bonds. The normalized spacial score (nSPS) is 15.0. The minimum absolute atomic E-state index is 0.336. The van der Waals surface area contributed by atoms with E-state index in [1.807, 2.05) is 71.0 Å². The van der Waals surface area contributed by atoms with Gasteiger partial charge in [-0.2, -0.15) is 0 Å². The fourth-order valence-electron chi connectivity index (χ4n) is 5.45. The first-order valence-corrected chi connectivity index (χ1v) is 14.4. The summed E-state index contributed by atoms with van der Waals surface area (Å²) in [6.07, 6.45) is 6.87. The van der Waals surface area contributed by atoms with Crippen LogP contribution in [-0.4, -0.2) is 53.1 Å². The van der Waals surface area contributed by atoms with Gasteiger partial charge in [-0.25, -0.2) is 14.8 Å². The Morgan fingerprint density at radius 1 is 1.09 bits per heavy atom. The Bertz CT molecular complexity index is 1720. The zero-order chi connectivity index (χ0) is 30.7. The molecule has 1 N–H and O–H groups in total. The summed E-state index contributed by atoms with van der Waals surface area (Å²) in [4.78, 5) is 25.6. The van der Waals surface area contributed by atoms with Crippen LogP contribution < -0.4 is 9.47 Å². The number of carbonyl (C=O) groups is 1. The molecule has 5 rings (SSSR count). The molecule has 222 valence electrons. The lowest BCUT2D eigenvalue weighted by molar-refractivity contribution is -0.160. The number of aromatic nitrogens is 2. The van der Waals surface area contributed by atoms with Gasteiger partial charge in [-0.05, 0) is 97.5 Å². The van der Waals surface area contributed by atoms with E-state index in [1.165, 1.54) is 0 Å². The van der Waals surface area contributed by atoms with Crippen molar-refractivity contribution < 1.29 is 24.1 Å². The monoisotopic (exact) mass is 579 g/mol. The Morgan fingerprint density at radius 3 is 2.51 bits per heavy atom. The Kier molecular flexibility index (Phi) is 8.59. The fourth-order valence-corrected chi connectivity index (χ4v) is 5.45. The molecule has 0 aliphatic carbocycles. The number of fused-ring (bicyclic) bond motifs is 2. The highest BCUT2D eigenvalue weighted by molar-refractivity contribution is 6.03. The molecule has 0 unspecified atom stereocenters. The average molecular weight is 580 g/mol. The van der Waals surface area contributed by atoms with Crippen LogP contribution in [0, 0.1) is 6.92 Å². The molecule has 1 atom stereocenters. The largest absolute Gasteiger partial charge is 0.493 e. The molecule has 1 aliphatic heterocycles. The molecule has 1 aliphatic rings. The summed E-state index contributed by atoms with van der Waals surface area (Å²) < 4.78 is 17.6. The molecule has 0 fully saturated rings. The zero-order valence-corrected chi connectivity index (χ0v) is 25.5. The highest BCUT2D eigenvalue weighted by Gasteiger charge is 2.32. The molecule has 1 aromatic heterocycles. The molecule has 3 aromatic carbocycles. The molecular weight excluding hydrogens is 542 g/mol. The Hall–Kier alpha value is -4.56.